The standard InChI is InChI=1S/C12H21NO5/c1-5-17-9(14)12(7-6-8-13(12)16)10(15)18-11(2,3)4/h16H,5-8H2,1-4H3/t12-/m0/s1. The van der Waals surface area contributed by atoms with Crippen molar-refractivity contribution in [2.75, 3.05) is 13.2 Å². The number of carbonyl (C=O) groups is 2. The number of rotatable bonds is 3. The van der Waals surface area contributed by atoms with Crippen LogP contribution in [-0.2, 0) is 19.1 Å². The number of hydrogen-bond donors (Lipinski definition) is 1. The molecule has 0 radical (unpaired) electrons. The molecule has 1 aliphatic rings. The van der Waals surface area contributed by atoms with Crippen molar-refractivity contribution in [3.8, 4) is 0 Å². The SMILES string of the molecule is CCOC(=O)[C@]1(C(=O)OC(C)(C)C)CCCN1O. The average molecular weight is 259 g/mol. The third-order valence-corrected chi connectivity index (χ3v) is 2.70. The van der Waals surface area contributed by atoms with E-state index in [-0.39, 0.29) is 19.6 Å². The molecule has 0 aromatic heterocycles. The van der Waals surface area contributed by atoms with E-state index in [4.69, 9.17) is 9.47 Å². The maximum absolute atomic E-state index is 12.2. The molecule has 0 aromatic carbocycles. The summed E-state index contributed by atoms with van der Waals surface area (Å²) in [4.78, 5) is 24.2. The topological polar surface area (TPSA) is 76.1 Å². The second-order valence-electron chi connectivity index (χ2n) is 5.31. The molecule has 1 fully saturated rings. The molecule has 6 nitrogen and oxygen atoms in total. The first-order valence-electron chi connectivity index (χ1n) is 6.11. The molecule has 1 aliphatic heterocycles. The highest BCUT2D eigenvalue weighted by Crippen LogP contribution is 2.32. The van der Waals surface area contributed by atoms with Crippen molar-refractivity contribution < 1.29 is 24.3 Å². The normalized spacial score (nSPS) is 24.9. The third-order valence-electron chi connectivity index (χ3n) is 2.70. The zero-order chi connectivity index (χ0) is 14.0. The van der Waals surface area contributed by atoms with Gasteiger partial charge in [0.1, 0.15) is 5.60 Å². The Morgan fingerprint density at radius 3 is 2.33 bits per heavy atom. The van der Waals surface area contributed by atoms with Gasteiger partial charge in [0.05, 0.1) is 6.61 Å². The minimum Gasteiger partial charge on any atom is -0.464 e. The molecular formula is C12H21NO5. The molecule has 0 aliphatic carbocycles. The van der Waals surface area contributed by atoms with Crippen molar-refractivity contribution in [1.29, 1.82) is 0 Å². The van der Waals surface area contributed by atoms with Crippen LogP contribution in [0.3, 0.4) is 0 Å². The molecule has 18 heavy (non-hydrogen) atoms. The molecule has 0 amide bonds. The minimum atomic E-state index is -1.71. The lowest BCUT2D eigenvalue weighted by Gasteiger charge is -2.32. The van der Waals surface area contributed by atoms with Crippen LogP contribution in [-0.4, -0.2) is 46.5 Å². The van der Waals surface area contributed by atoms with E-state index in [9.17, 15) is 14.8 Å². The summed E-state index contributed by atoms with van der Waals surface area (Å²) >= 11 is 0. The first-order valence-corrected chi connectivity index (χ1v) is 6.11. The summed E-state index contributed by atoms with van der Waals surface area (Å²) in [6.45, 7) is 7.17. The zero-order valence-corrected chi connectivity index (χ0v) is 11.4. The van der Waals surface area contributed by atoms with Crippen LogP contribution in [0.1, 0.15) is 40.5 Å². The molecule has 1 atom stereocenters. The summed E-state index contributed by atoms with van der Waals surface area (Å²) < 4.78 is 10.1. The lowest BCUT2D eigenvalue weighted by Crippen LogP contribution is -2.58. The molecule has 1 rings (SSSR count). The lowest BCUT2D eigenvalue weighted by molar-refractivity contribution is -0.209. The summed E-state index contributed by atoms with van der Waals surface area (Å²) in [5.41, 5.74) is -2.43. The van der Waals surface area contributed by atoms with Crippen LogP contribution in [0.2, 0.25) is 0 Å². The van der Waals surface area contributed by atoms with E-state index in [1.165, 1.54) is 0 Å². The van der Waals surface area contributed by atoms with Gasteiger partial charge >= 0.3 is 11.9 Å². The Balaban J connectivity index is 2.98. The predicted octanol–water partition coefficient (Wildman–Crippen LogP) is 1.11. The summed E-state index contributed by atoms with van der Waals surface area (Å²) in [5, 5.41) is 10.6. The molecule has 0 aromatic rings. The third kappa shape index (κ3) is 2.81. The molecule has 6 heteroatoms. The van der Waals surface area contributed by atoms with Gasteiger partial charge in [0.25, 0.3) is 0 Å². The fourth-order valence-corrected chi connectivity index (χ4v) is 1.92. The van der Waals surface area contributed by atoms with Gasteiger partial charge in [-0.05, 0) is 40.5 Å². The Morgan fingerprint density at radius 1 is 1.33 bits per heavy atom. The Kier molecular flexibility index (Phi) is 4.34. The van der Waals surface area contributed by atoms with Crippen LogP contribution >= 0.6 is 0 Å². The van der Waals surface area contributed by atoms with Crippen molar-refractivity contribution in [3.63, 3.8) is 0 Å². The lowest BCUT2D eigenvalue weighted by atomic mass is 9.97. The van der Waals surface area contributed by atoms with Gasteiger partial charge in [0, 0.05) is 6.54 Å². The number of hydrogen-bond acceptors (Lipinski definition) is 6. The summed E-state index contributed by atoms with van der Waals surface area (Å²) in [6, 6.07) is 0. The van der Waals surface area contributed by atoms with Gasteiger partial charge in [-0.15, -0.1) is 0 Å². The van der Waals surface area contributed by atoms with Gasteiger partial charge in [-0.2, -0.15) is 5.06 Å². The summed E-state index contributed by atoms with van der Waals surface area (Å²) in [5.74, 6) is -1.51. The van der Waals surface area contributed by atoms with Crippen LogP contribution < -0.4 is 0 Å². The van der Waals surface area contributed by atoms with Crippen LogP contribution in [0.5, 0.6) is 0 Å². The highest BCUT2D eigenvalue weighted by molar-refractivity contribution is 6.05. The van der Waals surface area contributed by atoms with Gasteiger partial charge in [-0.1, -0.05) is 0 Å². The largest absolute Gasteiger partial charge is 0.464 e. The van der Waals surface area contributed by atoms with Crippen LogP contribution in [0.25, 0.3) is 0 Å². The zero-order valence-electron chi connectivity index (χ0n) is 11.4. The number of ether oxygens (including phenoxy) is 2. The van der Waals surface area contributed by atoms with Crippen molar-refractivity contribution in [3.05, 3.63) is 0 Å². The van der Waals surface area contributed by atoms with E-state index in [0.29, 0.717) is 6.42 Å². The fraction of sp³-hybridized carbons (Fsp3) is 0.833. The Morgan fingerprint density at radius 2 is 1.94 bits per heavy atom. The molecular weight excluding hydrogens is 238 g/mol. The molecule has 1 heterocycles. The smallest absolute Gasteiger partial charge is 0.341 e. The second-order valence-corrected chi connectivity index (χ2v) is 5.31. The van der Waals surface area contributed by atoms with Crippen molar-refractivity contribution in [2.45, 2.75) is 51.7 Å². The number of hydroxylamine groups is 2. The van der Waals surface area contributed by atoms with E-state index < -0.39 is 23.1 Å². The van der Waals surface area contributed by atoms with Gasteiger partial charge in [0.2, 0.25) is 5.54 Å². The van der Waals surface area contributed by atoms with Gasteiger partial charge in [-0.3, -0.25) is 0 Å². The Bertz CT molecular complexity index is 336. The van der Waals surface area contributed by atoms with Crippen LogP contribution in [0.15, 0.2) is 0 Å². The average Bonchev–Trinajstić information content (AvgIpc) is 2.59. The van der Waals surface area contributed by atoms with Crippen molar-refractivity contribution in [2.24, 2.45) is 0 Å². The maximum Gasteiger partial charge on any atom is 0.341 e. The monoisotopic (exact) mass is 259 g/mol. The van der Waals surface area contributed by atoms with Crippen molar-refractivity contribution >= 4 is 11.9 Å². The van der Waals surface area contributed by atoms with Crippen LogP contribution in [0.4, 0.5) is 0 Å². The Hall–Kier alpha value is -1.14. The number of nitrogens with zero attached hydrogens (tertiary/aromatic N) is 1. The minimum absolute atomic E-state index is 0.150. The highest BCUT2D eigenvalue weighted by Gasteiger charge is 2.57. The number of esters is 2. The molecule has 104 valence electrons. The molecule has 0 unspecified atom stereocenters. The van der Waals surface area contributed by atoms with E-state index in [0.717, 1.165) is 5.06 Å². The van der Waals surface area contributed by atoms with E-state index in [1.54, 1.807) is 27.7 Å². The first kappa shape index (κ1) is 14.9. The van der Waals surface area contributed by atoms with Gasteiger partial charge in [-0.25, -0.2) is 9.59 Å². The van der Waals surface area contributed by atoms with Crippen molar-refractivity contribution in [1.82, 2.24) is 5.06 Å². The quantitative estimate of drug-likeness (QED) is 0.604. The van der Waals surface area contributed by atoms with E-state index in [2.05, 4.69) is 0 Å². The molecule has 1 saturated heterocycles. The molecule has 0 saturated carbocycles. The second kappa shape index (κ2) is 5.24. The van der Waals surface area contributed by atoms with Crippen LogP contribution in [0, 0.1) is 0 Å². The maximum atomic E-state index is 12.2. The summed E-state index contributed by atoms with van der Waals surface area (Å²) in [6.07, 6.45) is 0.742. The Labute approximate surface area is 107 Å². The fourth-order valence-electron chi connectivity index (χ4n) is 1.92. The van der Waals surface area contributed by atoms with Gasteiger partial charge < -0.3 is 14.7 Å². The van der Waals surface area contributed by atoms with Gasteiger partial charge in [0.15, 0.2) is 0 Å². The molecule has 0 bridgehead atoms. The first-order chi connectivity index (χ1) is 8.24. The molecule has 1 N–H and O–H groups in total. The molecule has 0 spiro atoms. The van der Waals surface area contributed by atoms with E-state index >= 15 is 0 Å². The summed E-state index contributed by atoms with van der Waals surface area (Å²) in [7, 11) is 0. The highest BCUT2D eigenvalue weighted by atomic mass is 16.6. The predicted molar refractivity (Wildman–Crippen MR) is 62.9 cm³/mol. The number of carbonyl (C=O) groups excluding carboxylic acids is 2. The van der Waals surface area contributed by atoms with E-state index in [1.807, 2.05) is 0 Å².